The molecule has 2 atom stereocenters. The molecule has 6 nitrogen and oxygen atoms in total. The van der Waals surface area contributed by atoms with Crippen molar-refractivity contribution in [2.24, 2.45) is 0 Å². The van der Waals surface area contributed by atoms with Gasteiger partial charge in [-0.05, 0) is 55.7 Å². The number of sulfonamides is 1. The van der Waals surface area contributed by atoms with Gasteiger partial charge in [0.2, 0.25) is 10.0 Å². The van der Waals surface area contributed by atoms with Crippen LogP contribution in [0.1, 0.15) is 49.1 Å². The van der Waals surface area contributed by atoms with Gasteiger partial charge in [0.25, 0.3) is 0 Å². The topological polar surface area (TPSA) is 71.5 Å². The van der Waals surface area contributed by atoms with Gasteiger partial charge >= 0.3 is 6.18 Å². The summed E-state index contributed by atoms with van der Waals surface area (Å²) in [6.07, 6.45) is 1.85. The van der Waals surface area contributed by atoms with Crippen LogP contribution in [0.4, 0.5) is 19.0 Å². The van der Waals surface area contributed by atoms with Gasteiger partial charge in [-0.1, -0.05) is 30.3 Å². The Hall–Kier alpha value is -2.17. The zero-order valence-electron chi connectivity index (χ0n) is 19.0. The highest BCUT2D eigenvalue weighted by Gasteiger charge is 2.42. The van der Waals surface area contributed by atoms with Crippen LogP contribution in [0.2, 0.25) is 0 Å². The fourth-order valence-corrected chi connectivity index (χ4v) is 5.93. The summed E-state index contributed by atoms with van der Waals surface area (Å²) in [5, 5.41) is 0. The lowest BCUT2D eigenvalue weighted by atomic mass is 9.83. The molecule has 2 aliphatic rings. The van der Waals surface area contributed by atoms with E-state index in [4.69, 9.17) is 4.74 Å². The van der Waals surface area contributed by atoms with Crippen molar-refractivity contribution in [3.05, 3.63) is 59.8 Å². The van der Waals surface area contributed by atoms with Crippen LogP contribution in [0.5, 0.6) is 0 Å². The fraction of sp³-hybridized carbons (Fsp3) is 0.542. The lowest BCUT2D eigenvalue weighted by molar-refractivity contribution is -0.137. The number of alkyl halides is 3. The number of nitrogens with one attached hydrogen (secondary N) is 1. The number of rotatable bonds is 7. The van der Waals surface area contributed by atoms with E-state index in [0.29, 0.717) is 12.3 Å². The number of ether oxygens (including phenoxy) is 1. The van der Waals surface area contributed by atoms with E-state index in [9.17, 15) is 21.6 Å². The maximum absolute atomic E-state index is 13.6. The molecule has 1 saturated carbocycles. The summed E-state index contributed by atoms with van der Waals surface area (Å²) in [5.41, 5.74) is 0.485. The molecule has 0 unspecified atom stereocenters. The van der Waals surface area contributed by atoms with Crippen LogP contribution in [0.25, 0.3) is 0 Å². The number of nitrogens with zero attached hydrogens (tertiary/aromatic N) is 2. The highest BCUT2D eigenvalue weighted by Crippen LogP contribution is 2.38. The van der Waals surface area contributed by atoms with Crippen molar-refractivity contribution in [1.82, 2.24) is 9.71 Å². The van der Waals surface area contributed by atoms with E-state index in [0.717, 1.165) is 38.0 Å². The third-order valence-corrected chi connectivity index (χ3v) is 7.45. The maximum Gasteiger partial charge on any atom is 0.419 e. The standard InChI is InChI=1S/C24H30F3N3O3S/c1-34(31,32)29-21-13-15-30(23-20(24(25,26)27)8-5-14-28-23)22(21)16-33-19-11-9-18(10-12-19)17-6-3-2-4-7-17/h2-8,14,18-19,21-22,29H,9-13,15-16H2,1H3/t18?,19?,21-,22-/m0/s1. The smallest absolute Gasteiger partial charge is 0.376 e. The molecule has 0 amide bonds. The molecule has 2 fully saturated rings. The van der Waals surface area contributed by atoms with Crippen LogP contribution in [0.3, 0.4) is 0 Å². The van der Waals surface area contributed by atoms with Gasteiger partial charge in [0.15, 0.2) is 0 Å². The first-order valence-corrected chi connectivity index (χ1v) is 13.4. The van der Waals surface area contributed by atoms with Gasteiger partial charge in [-0.15, -0.1) is 0 Å². The molecule has 0 radical (unpaired) electrons. The monoisotopic (exact) mass is 497 g/mol. The van der Waals surface area contributed by atoms with E-state index in [1.807, 2.05) is 18.2 Å². The van der Waals surface area contributed by atoms with E-state index in [2.05, 4.69) is 21.8 Å². The molecule has 4 rings (SSSR count). The van der Waals surface area contributed by atoms with Crippen molar-refractivity contribution in [2.75, 3.05) is 24.3 Å². The van der Waals surface area contributed by atoms with Gasteiger partial charge in [0, 0.05) is 18.8 Å². The number of halogens is 3. The third kappa shape index (κ3) is 6.09. The highest BCUT2D eigenvalue weighted by atomic mass is 32.2. The molecule has 0 bridgehead atoms. The van der Waals surface area contributed by atoms with Gasteiger partial charge < -0.3 is 9.64 Å². The molecule has 10 heteroatoms. The summed E-state index contributed by atoms with van der Waals surface area (Å²) in [4.78, 5) is 5.56. The lowest BCUT2D eigenvalue weighted by Crippen LogP contribution is -2.48. The van der Waals surface area contributed by atoms with Gasteiger partial charge in [-0.2, -0.15) is 13.2 Å². The van der Waals surface area contributed by atoms with Crippen molar-refractivity contribution in [3.63, 3.8) is 0 Å². The van der Waals surface area contributed by atoms with Crippen LogP contribution < -0.4 is 9.62 Å². The third-order valence-electron chi connectivity index (χ3n) is 6.72. The number of pyridine rings is 1. The number of hydrogen-bond donors (Lipinski definition) is 1. The fourth-order valence-electron chi connectivity index (χ4n) is 5.10. The van der Waals surface area contributed by atoms with Crippen molar-refractivity contribution >= 4 is 15.8 Å². The molecule has 186 valence electrons. The molecule has 1 saturated heterocycles. The van der Waals surface area contributed by atoms with Gasteiger partial charge in [0.1, 0.15) is 5.82 Å². The first-order valence-electron chi connectivity index (χ1n) is 11.5. The van der Waals surface area contributed by atoms with E-state index in [-0.39, 0.29) is 25.1 Å². The molecule has 1 N–H and O–H groups in total. The summed E-state index contributed by atoms with van der Waals surface area (Å²) < 4.78 is 73.5. The van der Waals surface area contributed by atoms with Crippen molar-refractivity contribution < 1.29 is 26.3 Å². The quantitative estimate of drug-likeness (QED) is 0.616. The highest BCUT2D eigenvalue weighted by molar-refractivity contribution is 7.88. The van der Waals surface area contributed by atoms with E-state index in [1.165, 1.54) is 17.8 Å². The Morgan fingerprint density at radius 2 is 1.76 bits per heavy atom. The Balaban J connectivity index is 1.46. The average molecular weight is 498 g/mol. The minimum atomic E-state index is -4.56. The zero-order chi connectivity index (χ0) is 24.3. The number of aromatic nitrogens is 1. The van der Waals surface area contributed by atoms with Crippen LogP contribution >= 0.6 is 0 Å². The predicted octanol–water partition coefficient (Wildman–Crippen LogP) is 4.34. The number of benzene rings is 1. The van der Waals surface area contributed by atoms with E-state index < -0.39 is 33.8 Å². The second-order valence-electron chi connectivity index (χ2n) is 9.14. The van der Waals surface area contributed by atoms with Gasteiger partial charge in [-0.3, -0.25) is 0 Å². The van der Waals surface area contributed by atoms with Crippen LogP contribution in [-0.2, 0) is 20.9 Å². The SMILES string of the molecule is CS(=O)(=O)N[C@H]1CCN(c2ncccc2C(F)(F)F)[C@H]1COC1CCC(c2ccccc2)CC1. The molecule has 1 aliphatic carbocycles. The van der Waals surface area contributed by atoms with E-state index in [1.54, 1.807) is 4.90 Å². The first-order chi connectivity index (χ1) is 16.1. The Morgan fingerprint density at radius 3 is 2.41 bits per heavy atom. The number of hydrogen-bond acceptors (Lipinski definition) is 5. The second kappa shape index (κ2) is 10.2. The minimum absolute atomic E-state index is 0.00730. The van der Waals surface area contributed by atoms with Crippen molar-refractivity contribution in [1.29, 1.82) is 0 Å². The Bertz CT molecular complexity index is 1060. The summed E-state index contributed by atoms with van der Waals surface area (Å²) >= 11 is 0. The van der Waals surface area contributed by atoms with E-state index >= 15 is 0 Å². The zero-order valence-corrected chi connectivity index (χ0v) is 19.9. The normalized spacial score (nSPS) is 26.1. The average Bonchev–Trinajstić information content (AvgIpc) is 3.18. The lowest BCUT2D eigenvalue weighted by Gasteiger charge is -2.34. The van der Waals surface area contributed by atoms with Crippen LogP contribution in [0, 0.1) is 0 Å². The molecule has 1 aliphatic heterocycles. The van der Waals surface area contributed by atoms with Crippen LogP contribution in [-0.4, -0.2) is 51.0 Å². The number of anilines is 1. The first kappa shape index (κ1) is 24.9. The molecule has 34 heavy (non-hydrogen) atoms. The minimum Gasteiger partial charge on any atom is -0.376 e. The molecule has 2 aromatic rings. The molecular weight excluding hydrogens is 467 g/mol. The Morgan fingerprint density at radius 1 is 1.06 bits per heavy atom. The largest absolute Gasteiger partial charge is 0.419 e. The van der Waals surface area contributed by atoms with Gasteiger partial charge in [0.05, 0.1) is 30.6 Å². The molecular formula is C24H30F3N3O3S. The summed E-state index contributed by atoms with van der Waals surface area (Å²) in [5.74, 6) is 0.292. The summed E-state index contributed by atoms with van der Waals surface area (Å²) in [6.45, 7) is 0.379. The summed E-state index contributed by atoms with van der Waals surface area (Å²) in [7, 11) is -3.54. The molecule has 0 spiro atoms. The second-order valence-corrected chi connectivity index (χ2v) is 10.9. The molecule has 2 heterocycles. The molecule has 1 aromatic carbocycles. The predicted molar refractivity (Wildman–Crippen MR) is 124 cm³/mol. The van der Waals surface area contributed by atoms with Crippen molar-refractivity contribution in [3.8, 4) is 0 Å². The Labute approximate surface area is 198 Å². The summed E-state index contributed by atoms with van der Waals surface area (Å²) in [6, 6.07) is 11.5. The van der Waals surface area contributed by atoms with Crippen LogP contribution in [0.15, 0.2) is 48.7 Å². The maximum atomic E-state index is 13.6. The van der Waals surface area contributed by atoms with Crippen molar-refractivity contribution in [2.45, 2.75) is 62.4 Å². The van der Waals surface area contributed by atoms with Gasteiger partial charge in [-0.25, -0.2) is 18.1 Å². The Kier molecular flexibility index (Phi) is 7.49. The molecule has 1 aromatic heterocycles.